The maximum Gasteiger partial charge on any atom is 0.341 e. The van der Waals surface area contributed by atoms with E-state index in [1.54, 1.807) is 11.8 Å². The predicted octanol–water partition coefficient (Wildman–Crippen LogP) is 3.32. The van der Waals surface area contributed by atoms with E-state index in [1.165, 1.54) is 12.4 Å². The van der Waals surface area contributed by atoms with Crippen LogP contribution in [0.25, 0.3) is 0 Å². The number of ether oxygens (including phenoxy) is 1. The third-order valence-electron chi connectivity index (χ3n) is 1.66. The van der Waals surface area contributed by atoms with E-state index in [1.807, 2.05) is 20.8 Å². The van der Waals surface area contributed by atoms with Crippen molar-refractivity contribution in [3.8, 4) is 0 Å². The fourth-order valence-corrected chi connectivity index (χ4v) is 1.84. The molecule has 18 heavy (non-hydrogen) atoms. The lowest BCUT2D eigenvalue weighted by atomic mass is 10.2. The molecule has 0 fully saturated rings. The summed E-state index contributed by atoms with van der Waals surface area (Å²) in [6.45, 7) is 11.7. The van der Waals surface area contributed by atoms with Gasteiger partial charge in [-0.05, 0) is 20.8 Å². The van der Waals surface area contributed by atoms with E-state index in [0.29, 0.717) is 10.7 Å². The van der Waals surface area contributed by atoms with Gasteiger partial charge in [-0.25, -0.2) is 14.8 Å². The fraction of sp³-hybridized carbons (Fsp3) is 0.615. The molecule has 0 saturated carbocycles. The first kappa shape index (κ1) is 15.0. The molecular weight excluding hydrogens is 248 g/mol. The van der Waals surface area contributed by atoms with Crippen LogP contribution in [0.15, 0.2) is 17.6 Å². The Morgan fingerprint density at radius 3 is 2.00 bits per heavy atom. The lowest BCUT2D eigenvalue weighted by molar-refractivity contribution is 0.00684. The van der Waals surface area contributed by atoms with Crippen molar-refractivity contribution in [2.75, 3.05) is 0 Å². The molecule has 0 amide bonds. The van der Waals surface area contributed by atoms with Crippen LogP contribution >= 0.6 is 11.8 Å². The molecule has 0 radical (unpaired) electrons. The van der Waals surface area contributed by atoms with E-state index in [0.717, 1.165) is 0 Å². The monoisotopic (exact) mass is 268 g/mol. The van der Waals surface area contributed by atoms with Crippen molar-refractivity contribution in [1.82, 2.24) is 9.97 Å². The van der Waals surface area contributed by atoms with Crippen LogP contribution in [0, 0.1) is 0 Å². The highest BCUT2D eigenvalue weighted by molar-refractivity contribution is 8.00. The minimum Gasteiger partial charge on any atom is -0.456 e. The van der Waals surface area contributed by atoms with Gasteiger partial charge < -0.3 is 4.74 Å². The Bertz CT molecular complexity index is 416. The van der Waals surface area contributed by atoms with Gasteiger partial charge in [-0.2, -0.15) is 0 Å². The van der Waals surface area contributed by atoms with Crippen LogP contribution in [0.2, 0.25) is 0 Å². The molecule has 0 atom stereocenters. The van der Waals surface area contributed by atoms with E-state index in [2.05, 4.69) is 30.7 Å². The average Bonchev–Trinajstić information content (AvgIpc) is 2.13. The maximum atomic E-state index is 11.7. The Balaban J connectivity index is 2.74. The zero-order valence-corrected chi connectivity index (χ0v) is 12.6. The van der Waals surface area contributed by atoms with Crippen LogP contribution in [-0.4, -0.2) is 26.3 Å². The summed E-state index contributed by atoms with van der Waals surface area (Å²) in [6.07, 6.45) is 3.02. The molecule has 1 aromatic heterocycles. The molecule has 0 spiro atoms. The van der Waals surface area contributed by atoms with Crippen LogP contribution in [0.3, 0.4) is 0 Å². The summed E-state index contributed by atoms with van der Waals surface area (Å²) >= 11 is 1.56. The van der Waals surface area contributed by atoms with E-state index < -0.39 is 11.6 Å². The quantitative estimate of drug-likeness (QED) is 0.468. The fourth-order valence-electron chi connectivity index (χ4n) is 1.09. The zero-order valence-electron chi connectivity index (χ0n) is 11.8. The maximum absolute atomic E-state index is 11.7. The number of carbonyl (C=O) groups is 1. The van der Waals surface area contributed by atoms with Crippen LogP contribution in [-0.2, 0) is 4.74 Å². The summed E-state index contributed by atoms with van der Waals surface area (Å²) in [4.78, 5) is 20.1. The molecule has 100 valence electrons. The first-order valence-corrected chi connectivity index (χ1v) is 6.63. The van der Waals surface area contributed by atoms with Crippen molar-refractivity contribution in [1.29, 1.82) is 0 Å². The van der Waals surface area contributed by atoms with Gasteiger partial charge in [0.05, 0.1) is 5.56 Å². The Hall–Kier alpha value is -1.10. The Morgan fingerprint density at radius 2 is 1.61 bits per heavy atom. The summed E-state index contributed by atoms with van der Waals surface area (Å²) in [6, 6.07) is 0. The van der Waals surface area contributed by atoms with Crippen molar-refractivity contribution in [3.63, 3.8) is 0 Å². The second-order valence-electron chi connectivity index (χ2n) is 5.97. The largest absolute Gasteiger partial charge is 0.456 e. The zero-order chi connectivity index (χ0) is 14.0. The van der Waals surface area contributed by atoms with Crippen LogP contribution in [0.1, 0.15) is 51.9 Å². The Labute approximate surface area is 113 Å². The molecule has 0 aromatic carbocycles. The van der Waals surface area contributed by atoms with Gasteiger partial charge in [0.2, 0.25) is 0 Å². The van der Waals surface area contributed by atoms with E-state index >= 15 is 0 Å². The molecule has 0 N–H and O–H groups in total. The highest BCUT2D eigenvalue weighted by Gasteiger charge is 2.19. The van der Waals surface area contributed by atoms with Crippen molar-refractivity contribution in [3.05, 3.63) is 18.0 Å². The number of thioether (sulfide) groups is 1. The van der Waals surface area contributed by atoms with Gasteiger partial charge in [0.15, 0.2) is 5.16 Å². The van der Waals surface area contributed by atoms with Gasteiger partial charge in [-0.3, -0.25) is 0 Å². The third-order valence-corrected chi connectivity index (χ3v) is 2.67. The van der Waals surface area contributed by atoms with Gasteiger partial charge in [0.25, 0.3) is 0 Å². The molecule has 0 aliphatic rings. The lowest BCUT2D eigenvalue weighted by Crippen LogP contribution is -2.24. The molecule has 0 saturated heterocycles. The number of aromatic nitrogens is 2. The third kappa shape index (κ3) is 5.49. The molecule has 0 aliphatic carbocycles. The Morgan fingerprint density at radius 1 is 1.11 bits per heavy atom. The predicted molar refractivity (Wildman–Crippen MR) is 72.8 cm³/mol. The van der Waals surface area contributed by atoms with Crippen LogP contribution in [0.5, 0.6) is 0 Å². The molecule has 5 heteroatoms. The second-order valence-corrected chi connectivity index (χ2v) is 7.76. The van der Waals surface area contributed by atoms with Crippen LogP contribution in [0.4, 0.5) is 0 Å². The number of nitrogens with zero attached hydrogens (tertiary/aromatic N) is 2. The van der Waals surface area contributed by atoms with Gasteiger partial charge in [0, 0.05) is 17.1 Å². The molecular formula is C13H20N2O2S. The molecule has 1 aromatic rings. The van der Waals surface area contributed by atoms with Gasteiger partial charge >= 0.3 is 5.97 Å². The normalized spacial score (nSPS) is 12.3. The molecule has 4 nitrogen and oxygen atoms in total. The summed E-state index contributed by atoms with van der Waals surface area (Å²) in [5.41, 5.74) is -0.126. The summed E-state index contributed by atoms with van der Waals surface area (Å²) in [5.74, 6) is -0.394. The SMILES string of the molecule is CC(C)(C)OC(=O)c1cnc(SC(C)(C)C)nc1. The summed E-state index contributed by atoms with van der Waals surface area (Å²) in [5, 5.41) is 0.662. The molecule has 0 aliphatic heterocycles. The highest BCUT2D eigenvalue weighted by Crippen LogP contribution is 2.28. The minimum atomic E-state index is -0.504. The molecule has 0 bridgehead atoms. The Kier molecular flexibility index (Phi) is 4.37. The highest BCUT2D eigenvalue weighted by atomic mass is 32.2. The minimum absolute atomic E-state index is 0.0490. The van der Waals surface area contributed by atoms with Crippen LogP contribution < -0.4 is 0 Å². The first-order chi connectivity index (χ1) is 8.07. The summed E-state index contributed by atoms with van der Waals surface area (Å²) < 4.78 is 5.29. The summed E-state index contributed by atoms with van der Waals surface area (Å²) in [7, 11) is 0. The number of carbonyl (C=O) groups excluding carboxylic acids is 1. The average molecular weight is 268 g/mol. The van der Waals surface area contributed by atoms with Gasteiger partial charge in [-0.1, -0.05) is 32.5 Å². The van der Waals surface area contributed by atoms with E-state index in [9.17, 15) is 4.79 Å². The number of hydrogen-bond donors (Lipinski definition) is 0. The first-order valence-electron chi connectivity index (χ1n) is 5.81. The molecule has 1 rings (SSSR count). The van der Waals surface area contributed by atoms with Crippen molar-refractivity contribution >= 4 is 17.7 Å². The van der Waals surface area contributed by atoms with E-state index in [-0.39, 0.29) is 4.75 Å². The standard InChI is InChI=1S/C13H20N2O2S/c1-12(2,3)17-10(16)9-7-14-11(15-8-9)18-13(4,5)6/h7-8H,1-6H3. The number of rotatable bonds is 2. The van der Waals surface area contributed by atoms with Gasteiger partial charge in [0.1, 0.15) is 5.60 Å². The van der Waals surface area contributed by atoms with Crippen molar-refractivity contribution in [2.24, 2.45) is 0 Å². The van der Waals surface area contributed by atoms with E-state index in [4.69, 9.17) is 4.74 Å². The molecule has 0 unspecified atom stereocenters. The molecule has 1 heterocycles. The van der Waals surface area contributed by atoms with Gasteiger partial charge in [-0.15, -0.1) is 0 Å². The van der Waals surface area contributed by atoms with Crippen molar-refractivity contribution in [2.45, 2.75) is 57.0 Å². The smallest absolute Gasteiger partial charge is 0.341 e. The lowest BCUT2D eigenvalue weighted by Gasteiger charge is -2.19. The second kappa shape index (κ2) is 5.26. The van der Waals surface area contributed by atoms with Crippen molar-refractivity contribution < 1.29 is 9.53 Å². The topological polar surface area (TPSA) is 52.1 Å². The number of esters is 1. The number of hydrogen-bond acceptors (Lipinski definition) is 5.